The smallest absolute Gasteiger partial charge is 0.151 e. The molecule has 0 spiro atoms. The zero-order valence-corrected chi connectivity index (χ0v) is 6.29. The molecular weight excluding hydrogens is 132 g/mol. The first-order valence-corrected chi connectivity index (χ1v) is 3.35. The number of ether oxygens (including phenoxy) is 2. The van der Waals surface area contributed by atoms with E-state index in [1.807, 2.05) is 13.8 Å². The van der Waals surface area contributed by atoms with Gasteiger partial charge in [-0.15, -0.1) is 0 Å². The summed E-state index contributed by atoms with van der Waals surface area (Å²) in [7, 11) is 0. The van der Waals surface area contributed by atoms with Crippen LogP contribution in [0.4, 0.5) is 0 Å². The first-order chi connectivity index (χ1) is 4.64. The predicted octanol–water partition coefficient (Wildman–Crippen LogP) is 0.379. The van der Waals surface area contributed by atoms with Crippen LogP contribution in [0, 0.1) is 0 Å². The highest BCUT2D eigenvalue weighted by atomic mass is 16.6. The average molecular weight is 144 g/mol. The zero-order chi connectivity index (χ0) is 7.61. The third kappa shape index (κ3) is 1.78. The van der Waals surface area contributed by atoms with E-state index in [2.05, 4.69) is 0 Å². The normalized spacial score (nSPS) is 31.6. The van der Waals surface area contributed by atoms with Crippen molar-refractivity contribution in [2.75, 3.05) is 13.2 Å². The topological polar surface area (TPSA) is 35.5 Å². The Bertz CT molecular complexity index is 121. The number of carbonyl (C=O) groups excluding carboxylic acids is 1. The van der Waals surface area contributed by atoms with Crippen molar-refractivity contribution in [1.82, 2.24) is 0 Å². The van der Waals surface area contributed by atoms with Gasteiger partial charge in [-0.05, 0) is 13.8 Å². The lowest BCUT2D eigenvalue weighted by Crippen LogP contribution is -2.42. The first-order valence-electron chi connectivity index (χ1n) is 3.35. The molecule has 3 heteroatoms. The fourth-order valence-electron chi connectivity index (χ4n) is 0.784. The molecule has 1 aliphatic heterocycles. The zero-order valence-electron chi connectivity index (χ0n) is 6.29. The molecule has 0 saturated carbocycles. The van der Waals surface area contributed by atoms with Gasteiger partial charge >= 0.3 is 0 Å². The first kappa shape index (κ1) is 7.69. The summed E-state index contributed by atoms with van der Waals surface area (Å²) in [6.07, 6.45) is 0.419. The SMILES string of the molecule is CC1(C)COC(C=O)CO1. The second-order valence-electron chi connectivity index (χ2n) is 3.06. The molecule has 1 heterocycles. The second kappa shape index (κ2) is 2.68. The molecule has 1 fully saturated rings. The summed E-state index contributed by atoms with van der Waals surface area (Å²) in [5, 5.41) is 0. The van der Waals surface area contributed by atoms with Crippen LogP contribution in [0.15, 0.2) is 0 Å². The number of hydrogen-bond acceptors (Lipinski definition) is 3. The van der Waals surface area contributed by atoms with E-state index >= 15 is 0 Å². The van der Waals surface area contributed by atoms with Crippen molar-refractivity contribution in [3.05, 3.63) is 0 Å². The van der Waals surface area contributed by atoms with Crippen LogP contribution in [0.2, 0.25) is 0 Å². The minimum Gasteiger partial charge on any atom is -0.370 e. The molecule has 0 aromatic carbocycles. The summed E-state index contributed by atoms with van der Waals surface area (Å²) in [6.45, 7) is 4.76. The van der Waals surface area contributed by atoms with E-state index in [1.165, 1.54) is 0 Å². The van der Waals surface area contributed by atoms with E-state index < -0.39 is 0 Å². The number of rotatable bonds is 1. The molecule has 10 heavy (non-hydrogen) atoms. The van der Waals surface area contributed by atoms with Gasteiger partial charge in [0.1, 0.15) is 6.10 Å². The van der Waals surface area contributed by atoms with Crippen LogP contribution >= 0.6 is 0 Å². The van der Waals surface area contributed by atoms with Gasteiger partial charge in [0.2, 0.25) is 0 Å². The van der Waals surface area contributed by atoms with Crippen LogP contribution in [0.1, 0.15) is 13.8 Å². The molecule has 0 aromatic rings. The fourth-order valence-corrected chi connectivity index (χ4v) is 0.784. The van der Waals surface area contributed by atoms with Crippen molar-refractivity contribution in [1.29, 1.82) is 0 Å². The van der Waals surface area contributed by atoms with Crippen molar-refractivity contribution in [2.24, 2.45) is 0 Å². The van der Waals surface area contributed by atoms with Crippen LogP contribution in [-0.2, 0) is 14.3 Å². The molecule has 0 amide bonds. The molecule has 1 aliphatic rings. The van der Waals surface area contributed by atoms with E-state index in [1.54, 1.807) is 0 Å². The number of hydrogen-bond donors (Lipinski definition) is 0. The van der Waals surface area contributed by atoms with Gasteiger partial charge in [-0.1, -0.05) is 0 Å². The van der Waals surface area contributed by atoms with E-state index in [9.17, 15) is 4.79 Å². The number of carbonyl (C=O) groups is 1. The molecule has 1 unspecified atom stereocenters. The minimum absolute atomic E-state index is 0.223. The molecule has 1 saturated heterocycles. The lowest BCUT2D eigenvalue weighted by molar-refractivity contribution is -0.174. The Morgan fingerprint density at radius 1 is 1.60 bits per heavy atom. The van der Waals surface area contributed by atoms with Gasteiger partial charge in [0, 0.05) is 0 Å². The highest BCUT2D eigenvalue weighted by Crippen LogP contribution is 2.15. The Kier molecular flexibility index (Phi) is 2.06. The Balaban J connectivity index is 2.38. The fraction of sp³-hybridized carbons (Fsp3) is 0.857. The van der Waals surface area contributed by atoms with Gasteiger partial charge in [-0.2, -0.15) is 0 Å². The van der Waals surface area contributed by atoms with Gasteiger partial charge in [0.15, 0.2) is 6.29 Å². The quantitative estimate of drug-likeness (QED) is 0.499. The Morgan fingerprint density at radius 3 is 2.70 bits per heavy atom. The summed E-state index contributed by atoms with van der Waals surface area (Å²) in [4.78, 5) is 10.2. The highest BCUT2D eigenvalue weighted by Gasteiger charge is 2.27. The Labute approximate surface area is 60.3 Å². The van der Waals surface area contributed by atoms with Crippen molar-refractivity contribution >= 4 is 6.29 Å². The van der Waals surface area contributed by atoms with E-state index in [-0.39, 0.29) is 11.7 Å². The lowest BCUT2D eigenvalue weighted by Gasteiger charge is -2.32. The van der Waals surface area contributed by atoms with Gasteiger partial charge in [0.05, 0.1) is 18.8 Å². The molecule has 1 rings (SSSR count). The third-order valence-electron chi connectivity index (χ3n) is 1.44. The summed E-state index contributed by atoms with van der Waals surface area (Å²) >= 11 is 0. The Morgan fingerprint density at radius 2 is 2.30 bits per heavy atom. The van der Waals surface area contributed by atoms with Crippen LogP contribution in [0.25, 0.3) is 0 Å². The maximum atomic E-state index is 10.2. The van der Waals surface area contributed by atoms with Crippen LogP contribution < -0.4 is 0 Å². The van der Waals surface area contributed by atoms with Crippen LogP contribution in [0.3, 0.4) is 0 Å². The minimum atomic E-state index is -0.354. The van der Waals surface area contributed by atoms with Gasteiger partial charge in [0.25, 0.3) is 0 Å². The molecule has 0 radical (unpaired) electrons. The largest absolute Gasteiger partial charge is 0.370 e. The van der Waals surface area contributed by atoms with Crippen molar-refractivity contribution < 1.29 is 14.3 Å². The van der Waals surface area contributed by atoms with E-state index in [0.717, 1.165) is 6.29 Å². The maximum absolute atomic E-state index is 10.2. The lowest BCUT2D eigenvalue weighted by atomic mass is 10.1. The van der Waals surface area contributed by atoms with Crippen LogP contribution in [-0.4, -0.2) is 31.2 Å². The third-order valence-corrected chi connectivity index (χ3v) is 1.44. The van der Waals surface area contributed by atoms with E-state index in [0.29, 0.717) is 13.2 Å². The molecule has 58 valence electrons. The summed E-state index contributed by atoms with van der Waals surface area (Å²) < 4.78 is 10.5. The van der Waals surface area contributed by atoms with Gasteiger partial charge in [-0.3, -0.25) is 0 Å². The molecule has 0 aliphatic carbocycles. The molecule has 0 aromatic heterocycles. The molecule has 1 atom stereocenters. The van der Waals surface area contributed by atoms with Crippen molar-refractivity contribution in [2.45, 2.75) is 25.6 Å². The predicted molar refractivity (Wildman–Crippen MR) is 35.8 cm³/mol. The van der Waals surface area contributed by atoms with Crippen molar-refractivity contribution in [3.63, 3.8) is 0 Å². The monoisotopic (exact) mass is 144 g/mol. The average Bonchev–Trinajstić information content (AvgIpc) is 1.88. The highest BCUT2D eigenvalue weighted by molar-refractivity contribution is 5.56. The Hall–Kier alpha value is -0.410. The van der Waals surface area contributed by atoms with Gasteiger partial charge < -0.3 is 14.3 Å². The summed E-state index contributed by atoms with van der Waals surface area (Å²) in [5.74, 6) is 0. The standard InChI is InChI=1S/C7H12O3/c1-7(2)5-9-6(3-8)4-10-7/h3,6H,4-5H2,1-2H3. The van der Waals surface area contributed by atoms with Crippen LogP contribution in [0.5, 0.6) is 0 Å². The number of aldehydes is 1. The molecule has 3 nitrogen and oxygen atoms in total. The summed E-state index contributed by atoms with van der Waals surface area (Å²) in [6, 6.07) is 0. The second-order valence-corrected chi connectivity index (χ2v) is 3.06. The molecular formula is C7H12O3. The van der Waals surface area contributed by atoms with E-state index in [4.69, 9.17) is 9.47 Å². The molecule has 0 bridgehead atoms. The summed E-state index contributed by atoms with van der Waals surface area (Å²) in [5.41, 5.74) is -0.223. The molecule has 0 N–H and O–H groups in total. The van der Waals surface area contributed by atoms with Crippen molar-refractivity contribution in [3.8, 4) is 0 Å². The van der Waals surface area contributed by atoms with Gasteiger partial charge in [-0.25, -0.2) is 0 Å². The maximum Gasteiger partial charge on any atom is 0.151 e.